The van der Waals surface area contributed by atoms with Gasteiger partial charge in [-0.3, -0.25) is 0 Å². The fourth-order valence-electron chi connectivity index (χ4n) is 3.08. The lowest BCUT2D eigenvalue weighted by Crippen LogP contribution is -2.30. The summed E-state index contributed by atoms with van der Waals surface area (Å²) in [5, 5.41) is 3.99. The molecule has 0 radical (unpaired) electrons. The third-order valence-corrected chi connectivity index (χ3v) is 6.34. The van der Waals surface area contributed by atoms with Gasteiger partial charge in [-0.15, -0.1) is 0 Å². The van der Waals surface area contributed by atoms with E-state index in [1.54, 1.807) is 6.07 Å². The summed E-state index contributed by atoms with van der Waals surface area (Å²) in [6.45, 7) is 2.43. The average Bonchev–Trinajstić information content (AvgIpc) is 3.29. The molecule has 1 atom stereocenters. The van der Waals surface area contributed by atoms with Crippen LogP contribution in [-0.4, -0.2) is 38.6 Å². The molecule has 136 valence electrons. The third kappa shape index (κ3) is 3.23. The summed E-state index contributed by atoms with van der Waals surface area (Å²) >= 11 is 0. The molecule has 3 rings (SSSR count). The molecule has 0 aliphatic carbocycles. The molecule has 1 aliphatic heterocycles. The van der Waals surface area contributed by atoms with Gasteiger partial charge in [0.25, 0.3) is 0 Å². The smallest absolute Gasteiger partial charge is 0.243 e. The number of ether oxygens (including phenoxy) is 2. The van der Waals surface area contributed by atoms with E-state index < -0.39 is 10.0 Å². The third-order valence-electron chi connectivity index (χ3n) is 4.43. The normalized spacial score (nSPS) is 18.4. The van der Waals surface area contributed by atoms with Crippen molar-refractivity contribution >= 4 is 10.0 Å². The lowest BCUT2D eigenvalue weighted by Gasteiger charge is -2.22. The topological polar surface area (TPSA) is 81.9 Å². The van der Waals surface area contributed by atoms with E-state index in [1.807, 2.05) is 13.0 Å². The fourth-order valence-corrected chi connectivity index (χ4v) is 4.76. The first-order valence-corrected chi connectivity index (χ1v) is 9.64. The second kappa shape index (κ2) is 7.05. The minimum Gasteiger partial charge on any atom is -0.493 e. The Labute approximate surface area is 147 Å². The van der Waals surface area contributed by atoms with Crippen LogP contribution in [0.5, 0.6) is 11.5 Å². The summed E-state index contributed by atoms with van der Waals surface area (Å²) in [4.78, 5) is 0.173. The SMILES string of the molecule is CCc1cc([C@@H]2CCCN2S(=O)(=O)c2ccc(OC)c(OC)c2)on1. The quantitative estimate of drug-likeness (QED) is 0.782. The maximum absolute atomic E-state index is 13.1. The van der Waals surface area contributed by atoms with E-state index in [2.05, 4.69) is 5.16 Å². The van der Waals surface area contributed by atoms with Gasteiger partial charge in [0.2, 0.25) is 10.0 Å². The highest BCUT2D eigenvalue weighted by Gasteiger charge is 2.38. The standard InChI is InChI=1S/C17H22N2O5S/c1-4-12-10-16(24-18-12)14-6-5-9-19(14)25(20,21)13-7-8-15(22-2)17(11-13)23-3/h7-8,10-11,14H,4-6,9H2,1-3H3/t14-/m0/s1. The van der Waals surface area contributed by atoms with Crippen molar-refractivity contribution in [2.24, 2.45) is 0 Å². The van der Waals surface area contributed by atoms with E-state index in [1.165, 1.54) is 30.7 Å². The van der Waals surface area contributed by atoms with Gasteiger partial charge in [0.15, 0.2) is 17.3 Å². The number of benzene rings is 1. The molecule has 8 heteroatoms. The molecule has 1 fully saturated rings. The lowest BCUT2D eigenvalue weighted by molar-refractivity contribution is 0.296. The van der Waals surface area contributed by atoms with Crippen LogP contribution >= 0.6 is 0 Å². The zero-order valence-electron chi connectivity index (χ0n) is 14.6. The van der Waals surface area contributed by atoms with Gasteiger partial charge in [-0.2, -0.15) is 4.31 Å². The van der Waals surface area contributed by atoms with E-state index in [0.29, 0.717) is 30.2 Å². The van der Waals surface area contributed by atoms with Crippen molar-refractivity contribution in [1.82, 2.24) is 9.46 Å². The molecule has 1 aromatic carbocycles. The molecule has 0 spiro atoms. The Kier molecular flexibility index (Phi) is 5.01. The number of hydrogen-bond donors (Lipinski definition) is 0. The predicted octanol–water partition coefficient (Wildman–Crippen LogP) is 2.78. The highest BCUT2D eigenvalue weighted by atomic mass is 32.2. The van der Waals surface area contributed by atoms with Gasteiger partial charge in [-0.05, 0) is 31.4 Å². The molecule has 0 N–H and O–H groups in total. The summed E-state index contributed by atoms with van der Waals surface area (Å²) in [6.07, 6.45) is 2.24. The highest BCUT2D eigenvalue weighted by Crippen LogP contribution is 2.38. The molecule has 2 aromatic rings. The largest absolute Gasteiger partial charge is 0.493 e. The number of hydrogen-bond acceptors (Lipinski definition) is 6. The number of rotatable bonds is 6. The van der Waals surface area contributed by atoms with Crippen LogP contribution in [0.15, 0.2) is 33.7 Å². The van der Waals surface area contributed by atoms with Crippen molar-refractivity contribution in [3.05, 3.63) is 35.7 Å². The van der Waals surface area contributed by atoms with Crippen molar-refractivity contribution in [3.63, 3.8) is 0 Å². The van der Waals surface area contributed by atoms with E-state index in [0.717, 1.165) is 18.5 Å². The van der Waals surface area contributed by atoms with Crippen LogP contribution in [0.25, 0.3) is 0 Å². The summed E-state index contributed by atoms with van der Waals surface area (Å²) in [5.41, 5.74) is 0.824. The minimum atomic E-state index is -3.68. The van der Waals surface area contributed by atoms with Crippen molar-refractivity contribution in [2.75, 3.05) is 20.8 Å². The molecule has 2 heterocycles. The zero-order valence-corrected chi connectivity index (χ0v) is 15.4. The maximum atomic E-state index is 13.1. The van der Waals surface area contributed by atoms with E-state index >= 15 is 0 Å². The summed E-state index contributed by atoms with van der Waals surface area (Å²) in [5.74, 6) is 1.47. The van der Waals surface area contributed by atoms with Crippen LogP contribution in [0.1, 0.15) is 37.3 Å². The van der Waals surface area contributed by atoms with Gasteiger partial charge >= 0.3 is 0 Å². The van der Waals surface area contributed by atoms with Crippen molar-refractivity contribution in [1.29, 1.82) is 0 Å². The van der Waals surface area contributed by atoms with Crippen LogP contribution in [0.2, 0.25) is 0 Å². The molecule has 0 bridgehead atoms. The van der Waals surface area contributed by atoms with Crippen LogP contribution in [-0.2, 0) is 16.4 Å². The van der Waals surface area contributed by atoms with Crippen molar-refractivity contribution in [3.8, 4) is 11.5 Å². The van der Waals surface area contributed by atoms with Gasteiger partial charge < -0.3 is 14.0 Å². The molecule has 1 saturated heterocycles. The Morgan fingerprint density at radius 1 is 1.24 bits per heavy atom. The summed E-state index contributed by atoms with van der Waals surface area (Å²) in [6, 6.07) is 6.13. The number of aryl methyl sites for hydroxylation is 1. The van der Waals surface area contributed by atoms with Gasteiger partial charge in [-0.25, -0.2) is 8.42 Å². The first-order valence-electron chi connectivity index (χ1n) is 8.20. The lowest BCUT2D eigenvalue weighted by atomic mass is 10.1. The van der Waals surface area contributed by atoms with Crippen molar-refractivity contribution < 1.29 is 22.4 Å². The maximum Gasteiger partial charge on any atom is 0.243 e. The monoisotopic (exact) mass is 366 g/mol. The van der Waals surface area contributed by atoms with Crippen LogP contribution < -0.4 is 9.47 Å². The van der Waals surface area contributed by atoms with Gasteiger partial charge in [0.05, 0.1) is 30.9 Å². The highest BCUT2D eigenvalue weighted by molar-refractivity contribution is 7.89. The van der Waals surface area contributed by atoms with Gasteiger partial charge in [0, 0.05) is 18.7 Å². The fraction of sp³-hybridized carbons (Fsp3) is 0.471. The van der Waals surface area contributed by atoms with E-state index in [-0.39, 0.29) is 10.9 Å². The van der Waals surface area contributed by atoms with Gasteiger partial charge in [-0.1, -0.05) is 12.1 Å². The number of sulfonamides is 1. The molecule has 7 nitrogen and oxygen atoms in total. The second-order valence-corrected chi connectivity index (χ2v) is 7.76. The molecule has 25 heavy (non-hydrogen) atoms. The van der Waals surface area contributed by atoms with Crippen LogP contribution in [0, 0.1) is 0 Å². The Bertz CT molecular complexity index is 846. The first-order chi connectivity index (χ1) is 12.0. The minimum absolute atomic E-state index is 0.173. The van der Waals surface area contributed by atoms with E-state index in [4.69, 9.17) is 14.0 Å². The van der Waals surface area contributed by atoms with Gasteiger partial charge in [0.1, 0.15) is 0 Å². The zero-order chi connectivity index (χ0) is 18.0. The van der Waals surface area contributed by atoms with Crippen LogP contribution in [0.4, 0.5) is 0 Å². The molecule has 1 aromatic heterocycles. The first kappa shape index (κ1) is 17.8. The number of methoxy groups -OCH3 is 2. The molecule has 0 saturated carbocycles. The predicted molar refractivity (Wildman–Crippen MR) is 91.3 cm³/mol. The molecule has 1 aliphatic rings. The summed E-state index contributed by atoms with van der Waals surface area (Å²) in [7, 11) is -0.690. The molecular formula is C17H22N2O5S. The number of aromatic nitrogens is 1. The average molecular weight is 366 g/mol. The molecule has 0 amide bonds. The second-order valence-electron chi connectivity index (χ2n) is 5.86. The summed E-state index contributed by atoms with van der Waals surface area (Å²) < 4.78 is 43.5. The van der Waals surface area contributed by atoms with Crippen LogP contribution in [0.3, 0.4) is 0 Å². The Morgan fingerprint density at radius 3 is 2.64 bits per heavy atom. The number of nitrogens with zero attached hydrogens (tertiary/aromatic N) is 2. The Balaban J connectivity index is 1.95. The van der Waals surface area contributed by atoms with Crippen molar-refractivity contribution in [2.45, 2.75) is 37.1 Å². The Hall–Kier alpha value is -2.06. The Morgan fingerprint density at radius 2 is 2.00 bits per heavy atom. The van der Waals surface area contributed by atoms with E-state index in [9.17, 15) is 8.42 Å². The molecule has 0 unspecified atom stereocenters. The molecular weight excluding hydrogens is 344 g/mol.